The predicted octanol–water partition coefficient (Wildman–Crippen LogP) is 2.14. The molecule has 0 amide bonds. The molecular formula is C13H17FN6O. The number of nitrogens with two attached hydrogens (primary N) is 1. The maximum absolute atomic E-state index is 13.7. The van der Waals surface area contributed by atoms with Gasteiger partial charge in [-0.1, -0.05) is 13.0 Å². The van der Waals surface area contributed by atoms with Crippen LogP contribution in [0.3, 0.4) is 0 Å². The van der Waals surface area contributed by atoms with Gasteiger partial charge < -0.3 is 10.1 Å². The number of halogens is 1. The molecule has 0 radical (unpaired) electrons. The van der Waals surface area contributed by atoms with Crippen molar-refractivity contribution in [2.24, 2.45) is 5.84 Å². The van der Waals surface area contributed by atoms with Crippen LogP contribution >= 0.6 is 0 Å². The molecule has 2 aromatic rings. The van der Waals surface area contributed by atoms with Gasteiger partial charge in [-0.2, -0.15) is 15.0 Å². The zero-order valence-corrected chi connectivity index (χ0v) is 11.9. The zero-order chi connectivity index (χ0) is 15.2. The number of nitrogen functional groups attached to an aromatic ring is 1. The molecule has 0 unspecified atom stereocenters. The normalized spacial score (nSPS) is 10.3. The van der Waals surface area contributed by atoms with E-state index < -0.39 is 5.82 Å². The van der Waals surface area contributed by atoms with E-state index in [2.05, 4.69) is 25.7 Å². The van der Waals surface area contributed by atoms with E-state index in [-0.39, 0.29) is 23.6 Å². The molecule has 7 nitrogen and oxygen atoms in total. The van der Waals surface area contributed by atoms with E-state index in [1.165, 1.54) is 6.07 Å². The van der Waals surface area contributed by atoms with Crippen LogP contribution in [0.5, 0.6) is 6.01 Å². The lowest BCUT2D eigenvalue weighted by atomic mass is 10.2. The summed E-state index contributed by atoms with van der Waals surface area (Å²) in [5.74, 6) is 5.18. The van der Waals surface area contributed by atoms with Crippen LogP contribution in [0.25, 0.3) is 0 Å². The van der Waals surface area contributed by atoms with Crippen molar-refractivity contribution in [3.05, 3.63) is 29.6 Å². The Morgan fingerprint density at radius 1 is 1.24 bits per heavy atom. The molecule has 0 saturated heterocycles. The minimum atomic E-state index is -0.403. The predicted molar refractivity (Wildman–Crippen MR) is 77.8 cm³/mol. The van der Waals surface area contributed by atoms with Crippen molar-refractivity contribution < 1.29 is 9.13 Å². The summed E-state index contributed by atoms with van der Waals surface area (Å²) in [4.78, 5) is 12.0. The average Bonchev–Trinajstić information content (AvgIpc) is 2.48. The van der Waals surface area contributed by atoms with Crippen LogP contribution in [-0.2, 0) is 0 Å². The third-order valence-electron chi connectivity index (χ3n) is 2.55. The van der Waals surface area contributed by atoms with Crippen molar-refractivity contribution in [1.82, 2.24) is 15.0 Å². The van der Waals surface area contributed by atoms with E-state index in [1.54, 1.807) is 12.1 Å². The van der Waals surface area contributed by atoms with Gasteiger partial charge in [-0.25, -0.2) is 10.2 Å². The van der Waals surface area contributed by atoms with E-state index >= 15 is 0 Å². The first kappa shape index (κ1) is 14.9. The van der Waals surface area contributed by atoms with E-state index in [4.69, 9.17) is 10.6 Å². The Labute approximate surface area is 121 Å². The smallest absolute Gasteiger partial charge is 0.323 e. The number of benzene rings is 1. The van der Waals surface area contributed by atoms with E-state index in [9.17, 15) is 4.39 Å². The zero-order valence-electron chi connectivity index (χ0n) is 11.9. The van der Waals surface area contributed by atoms with E-state index in [1.807, 2.05) is 13.8 Å². The number of hydrazine groups is 1. The van der Waals surface area contributed by atoms with Crippen LogP contribution in [0.4, 0.5) is 22.0 Å². The number of anilines is 3. The second kappa shape index (κ2) is 6.80. The second-order valence-corrected chi connectivity index (χ2v) is 4.37. The maximum Gasteiger partial charge on any atom is 0.323 e. The monoisotopic (exact) mass is 292 g/mol. The maximum atomic E-state index is 13.7. The number of nitrogens with zero attached hydrogens (tertiary/aromatic N) is 3. The summed E-state index contributed by atoms with van der Waals surface area (Å²) in [6.07, 6.45) is 0.812. The summed E-state index contributed by atoms with van der Waals surface area (Å²) in [5, 5.41) is 2.79. The summed E-state index contributed by atoms with van der Waals surface area (Å²) in [6.45, 7) is 4.29. The molecule has 0 saturated carbocycles. The molecule has 2 rings (SSSR count). The van der Waals surface area contributed by atoms with Crippen LogP contribution in [0, 0.1) is 12.7 Å². The van der Waals surface area contributed by atoms with Crippen LogP contribution in [-0.4, -0.2) is 21.6 Å². The third kappa shape index (κ3) is 3.99. The van der Waals surface area contributed by atoms with Crippen LogP contribution in [0.1, 0.15) is 18.9 Å². The first-order valence-corrected chi connectivity index (χ1v) is 6.51. The SMILES string of the molecule is CCCOc1nc(NN)nc(Nc2cc(C)ccc2F)n1. The Morgan fingerprint density at radius 3 is 2.71 bits per heavy atom. The molecule has 0 aliphatic rings. The number of nitrogens with one attached hydrogen (secondary N) is 2. The number of rotatable bonds is 6. The fourth-order valence-corrected chi connectivity index (χ4v) is 1.59. The second-order valence-electron chi connectivity index (χ2n) is 4.37. The van der Waals surface area contributed by atoms with E-state index in [0.29, 0.717) is 6.61 Å². The Balaban J connectivity index is 2.27. The Bertz CT molecular complexity index is 622. The molecular weight excluding hydrogens is 275 g/mol. The molecule has 4 N–H and O–H groups in total. The molecule has 112 valence electrons. The molecule has 0 bridgehead atoms. The first-order chi connectivity index (χ1) is 10.1. The van der Waals surface area contributed by atoms with E-state index in [0.717, 1.165) is 12.0 Å². The van der Waals surface area contributed by atoms with Gasteiger partial charge in [0.15, 0.2) is 0 Å². The highest BCUT2D eigenvalue weighted by Crippen LogP contribution is 2.20. The Morgan fingerprint density at radius 2 is 2.00 bits per heavy atom. The number of aromatic nitrogens is 3. The summed E-state index contributed by atoms with van der Waals surface area (Å²) in [5.41, 5.74) is 3.50. The standard InChI is InChI=1S/C13H17FN6O/c1-3-6-21-13-18-11(17-12(19-13)20-15)16-10-7-8(2)4-5-9(10)14/h4-5,7H,3,6,15H2,1-2H3,(H2,16,17,18,19,20). The molecule has 0 atom stereocenters. The molecule has 21 heavy (non-hydrogen) atoms. The molecule has 1 aromatic carbocycles. The minimum Gasteiger partial charge on any atom is -0.463 e. The van der Waals surface area contributed by atoms with Gasteiger partial charge in [-0.05, 0) is 31.0 Å². The topological polar surface area (TPSA) is 98.0 Å². The average molecular weight is 292 g/mol. The van der Waals surface area contributed by atoms with Gasteiger partial charge >= 0.3 is 6.01 Å². The lowest BCUT2D eigenvalue weighted by Crippen LogP contribution is -2.14. The molecule has 0 aliphatic carbocycles. The molecule has 1 aromatic heterocycles. The fourth-order valence-electron chi connectivity index (χ4n) is 1.59. The molecule has 0 fully saturated rings. The summed E-state index contributed by atoms with van der Waals surface area (Å²) >= 11 is 0. The molecule has 0 spiro atoms. The van der Waals surface area contributed by atoms with Crippen molar-refractivity contribution in [3.63, 3.8) is 0 Å². The largest absolute Gasteiger partial charge is 0.463 e. The van der Waals surface area contributed by atoms with Crippen molar-refractivity contribution in [3.8, 4) is 6.01 Å². The van der Waals surface area contributed by atoms with Gasteiger partial charge in [-0.3, -0.25) is 5.43 Å². The van der Waals surface area contributed by atoms with Crippen molar-refractivity contribution in [1.29, 1.82) is 0 Å². The highest BCUT2D eigenvalue weighted by Gasteiger charge is 2.09. The summed E-state index contributed by atoms with van der Waals surface area (Å²) in [7, 11) is 0. The van der Waals surface area contributed by atoms with Gasteiger partial charge in [0.05, 0.1) is 12.3 Å². The number of hydrogen-bond acceptors (Lipinski definition) is 7. The van der Waals surface area contributed by atoms with Crippen LogP contribution < -0.4 is 21.3 Å². The van der Waals surface area contributed by atoms with Gasteiger partial charge in [0.2, 0.25) is 11.9 Å². The molecule has 0 aliphatic heterocycles. The summed E-state index contributed by atoms with van der Waals surface area (Å²) < 4.78 is 19.1. The lowest BCUT2D eigenvalue weighted by molar-refractivity contribution is 0.292. The Hall–Kier alpha value is -2.48. The number of hydrogen-bond donors (Lipinski definition) is 3. The van der Waals surface area contributed by atoms with Crippen molar-refractivity contribution >= 4 is 17.6 Å². The number of aryl methyl sites for hydroxylation is 1. The van der Waals surface area contributed by atoms with Gasteiger partial charge in [0.1, 0.15) is 5.82 Å². The quantitative estimate of drug-likeness (QED) is 0.554. The minimum absolute atomic E-state index is 0.121. The molecule has 1 heterocycles. The van der Waals surface area contributed by atoms with Crippen molar-refractivity contribution in [2.75, 3.05) is 17.3 Å². The van der Waals surface area contributed by atoms with Crippen molar-refractivity contribution in [2.45, 2.75) is 20.3 Å². The highest BCUT2D eigenvalue weighted by atomic mass is 19.1. The van der Waals surface area contributed by atoms with Crippen LogP contribution in [0.15, 0.2) is 18.2 Å². The number of ether oxygens (including phenoxy) is 1. The van der Waals surface area contributed by atoms with Gasteiger partial charge in [0, 0.05) is 0 Å². The fraction of sp³-hybridized carbons (Fsp3) is 0.308. The Kier molecular flexibility index (Phi) is 4.83. The highest BCUT2D eigenvalue weighted by molar-refractivity contribution is 5.56. The lowest BCUT2D eigenvalue weighted by Gasteiger charge is -2.10. The van der Waals surface area contributed by atoms with Gasteiger partial charge in [-0.15, -0.1) is 0 Å². The van der Waals surface area contributed by atoms with Gasteiger partial charge in [0.25, 0.3) is 0 Å². The van der Waals surface area contributed by atoms with Crippen LogP contribution in [0.2, 0.25) is 0 Å². The first-order valence-electron chi connectivity index (χ1n) is 6.51. The third-order valence-corrected chi connectivity index (χ3v) is 2.55. The summed E-state index contributed by atoms with van der Waals surface area (Å²) in [6, 6.07) is 4.82. The molecule has 8 heteroatoms.